The van der Waals surface area contributed by atoms with Crippen LogP contribution in [0.25, 0.3) is 6.08 Å². The molecular weight excluding hydrogens is 406 g/mol. The predicted molar refractivity (Wildman–Crippen MR) is 121 cm³/mol. The smallest absolute Gasteiger partial charge is 0.303 e. The molecule has 0 bridgehead atoms. The Hall–Kier alpha value is -3.61. The standard InChI is InChI=1S/C25H25N3O4/c1-2-26-25-27(15-31-16-29)24(30)23(32-25)14-17-11-12-22-20(13-17)19-9-6-10-21(19)28(22)18-7-4-3-5-8-18/h3-5,7-8,11-14,16,19,21H,2,6,9-10,15H2,1H3. The van der Waals surface area contributed by atoms with Crippen molar-refractivity contribution in [3.8, 4) is 0 Å². The Labute approximate surface area is 186 Å². The fraction of sp³-hybridized carbons (Fsp3) is 0.320. The van der Waals surface area contributed by atoms with Crippen molar-refractivity contribution in [2.24, 2.45) is 4.99 Å². The van der Waals surface area contributed by atoms with Gasteiger partial charge in [0.05, 0.1) is 0 Å². The molecule has 1 amide bonds. The highest BCUT2D eigenvalue weighted by Gasteiger charge is 2.42. The van der Waals surface area contributed by atoms with Crippen molar-refractivity contribution in [1.29, 1.82) is 0 Å². The van der Waals surface area contributed by atoms with Crippen LogP contribution in [0.1, 0.15) is 43.2 Å². The molecule has 0 N–H and O–H groups in total. The number of hydrogen-bond donors (Lipinski definition) is 0. The predicted octanol–water partition coefficient (Wildman–Crippen LogP) is 4.18. The molecule has 3 aliphatic rings. The SMILES string of the molecule is CCN=C1OC(=Cc2ccc3c(c2)C2CCCC2N3c2ccccc2)C(=O)N1COC=O. The van der Waals surface area contributed by atoms with Crippen LogP contribution in [0.3, 0.4) is 0 Å². The molecule has 0 radical (unpaired) electrons. The van der Waals surface area contributed by atoms with Crippen molar-refractivity contribution in [3.05, 3.63) is 65.4 Å². The zero-order valence-electron chi connectivity index (χ0n) is 17.9. The van der Waals surface area contributed by atoms with Crippen molar-refractivity contribution < 1.29 is 19.1 Å². The van der Waals surface area contributed by atoms with Gasteiger partial charge in [-0.2, -0.15) is 0 Å². The lowest BCUT2D eigenvalue weighted by molar-refractivity contribution is -0.135. The molecule has 5 rings (SSSR count). The van der Waals surface area contributed by atoms with E-state index in [4.69, 9.17) is 9.47 Å². The summed E-state index contributed by atoms with van der Waals surface area (Å²) < 4.78 is 10.5. The van der Waals surface area contributed by atoms with E-state index in [2.05, 4.69) is 46.3 Å². The van der Waals surface area contributed by atoms with Crippen LogP contribution < -0.4 is 4.90 Å². The highest BCUT2D eigenvalue weighted by Crippen LogP contribution is 2.52. The number of para-hydroxylation sites is 1. The molecule has 2 fully saturated rings. The topological polar surface area (TPSA) is 71.4 Å². The van der Waals surface area contributed by atoms with E-state index < -0.39 is 0 Å². The molecule has 0 spiro atoms. The van der Waals surface area contributed by atoms with Crippen molar-refractivity contribution in [1.82, 2.24) is 4.90 Å². The number of carbonyl (C=O) groups excluding carboxylic acids is 2. The molecular formula is C25H25N3O4. The summed E-state index contributed by atoms with van der Waals surface area (Å²) in [5.74, 6) is 0.287. The molecule has 32 heavy (non-hydrogen) atoms. The average molecular weight is 431 g/mol. The Morgan fingerprint density at radius 3 is 2.81 bits per heavy atom. The highest BCUT2D eigenvalue weighted by atomic mass is 16.6. The summed E-state index contributed by atoms with van der Waals surface area (Å²) in [6.07, 6.45) is 5.30. The zero-order chi connectivity index (χ0) is 22.1. The summed E-state index contributed by atoms with van der Waals surface area (Å²) >= 11 is 0. The first-order valence-electron chi connectivity index (χ1n) is 11.0. The first-order chi connectivity index (χ1) is 15.7. The number of fused-ring (bicyclic) bond motifs is 3. The van der Waals surface area contributed by atoms with Crippen LogP contribution in [-0.2, 0) is 19.1 Å². The normalized spacial score (nSPS) is 24.1. The first-order valence-corrected chi connectivity index (χ1v) is 11.0. The van der Waals surface area contributed by atoms with Crippen LogP contribution in [-0.4, -0.2) is 42.6 Å². The largest absolute Gasteiger partial charge is 0.446 e. The van der Waals surface area contributed by atoms with Crippen LogP contribution in [0.2, 0.25) is 0 Å². The summed E-state index contributed by atoms with van der Waals surface area (Å²) in [5, 5.41) is 0. The molecule has 1 aliphatic carbocycles. The van der Waals surface area contributed by atoms with Gasteiger partial charge in [-0.3, -0.25) is 9.59 Å². The quantitative estimate of drug-likeness (QED) is 0.507. The minimum atomic E-state index is -0.371. The van der Waals surface area contributed by atoms with Gasteiger partial charge in [0.15, 0.2) is 12.5 Å². The fourth-order valence-electron chi connectivity index (χ4n) is 5.02. The van der Waals surface area contributed by atoms with Gasteiger partial charge in [0, 0.05) is 29.9 Å². The number of anilines is 2. The summed E-state index contributed by atoms with van der Waals surface area (Å²) in [7, 11) is 0. The molecule has 1 saturated heterocycles. The number of nitrogens with zero attached hydrogens (tertiary/aromatic N) is 3. The van der Waals surface area contributed by atoms with Crippen molar-refractivity contribution >= 4 is 35.9 Å². The van der Waals surface area contributed by atoms with Crippen LogP contribution >= 0.6 is 0 Å². The number of ether oxygens (including phenoxy) is 2. The molecule has 164 valence electrons. The zero-order valence-corrected chi connectivity index (χ0v) is 17.9. The van der Waals surface area contributed by atoms with Crippen molar-refractivity contribution in [2.75, 3.05) is 18.2 Å². The molecule has 7 nitrogen and oxygen atoms in total. The van der Waals surface area contributed by atoms with Gasteiger partial charge in [-0.05, 0) is 61.2 Å². The number of carbonyl (C=O) groups is 2. The van der Waals surface area contributed by atoms with Gasteiger partial charge in [-0.15, -0.1) is 0 Å². The third kappa shape index (κ3) is 3.43. The number of hydrogen-bond acceptors (Lipinski definition) is 6. The third-order valence-electron chi connectivity index (χ3n) is 6.31. The monoisotopic (exact) mass is 431 g/mol. The van der Waals surface area contributed by atoms with E-state index in [1.54, 1.807) is 6.08 Å². The lowest BCUT2D eigenvalue weighted by atomic mass is 9.96. The maximum atomic E-state index is 12.8. The van der Waals surface area contributed by atoms with Crippen LogP contribution in [0.15, 0.2) is 59.3 Å². The van der Waals surface area contributed by atoms with Gasteiger partial charge >= 0.3 is 11.9 Å². The van der Waals surface area contributed by atoms with Crippen LogP contribution in [0, 0.1) is 0 Å². The minimum absolute atomic E-state index is 0.151. The van der Waals surface area contributed by atoms with Gasteiger partial charge in [0.2, 0.25) is 0 Å². The molecule has 2 heterocycles. The van der Waals surface area contributed by atoms with Gasteiger partial charge in [-0.1, -0.05) is 30.7 Å². The number of benzene rings is 2. The summed E-state index contributed by atoms with van der Waals surface area (Å²) in [5.41, 5.74) is 4.68. The summed E-state index contributed by atoms with van der Waals surface area (Å²) in [6, 6.07) is 17.5. The van der Waals surface area contributed by atoms with Crippen molar-refractivity contribution in [3.63, 3.8) is 0 Å². The van der Waals surface area contributed by atoms with Gasteiger partial charge in [0.25, 0.3) is 6.47 Å². The Morgan fingerprint density at radius 2 is 2.03 bits per heavy atom. The van der Waals surface area contributed by atoms with E-state index in [9.17, 15) is 9.59 Å². The second-order valence-corrected chi connectivity index (χ2v) is 8.12. The molecule has 2 aromatic carbocycles. The lowest BCUT2D eigenvalue weighted by Crippen LogP contribution is -2.32. The Balaban J connectivity index is 1.48. The molecule has 1 saturated carbocycles. The van der Waals surface area contributed by atoms with E-state index in [0.29, 0.717) is 25.0 Å². The van der Waals surface area contributed by atoms with E-state index >= 15 is 0 Å². The Bertz CT molecular complexity index is 1100. The summed E-state index contributed by atoms with van der Waals surface area (Å²) in [4.78, 5) is 31.3. The Kier molecular flexibility index (Phi) is 5.39. The maximum absolute atomic E-state index is 12.8. The highest BCUT2D eigenvalue weighted by molar-refractivity contribution is 6.11. The molecule has 0 aromatic heterocycles. The lowest BCUT2D eigenvalue weighted by Gasteiger charge is -2.27. The van der Waals surface area contributed by atoms with Crippen LogP contribution in [0.4, 0.5) is 11.4 Å². The Morgan fingerprint density at radius 1 is 1.19 bits per heavy atom. The molecule has 7 heteroatoms. The van der Waals surface area contributed by atoms with Gasteiger partial charge in [0.1, 0.15) is 0 Å². The number of rotatable bonds is 6. The maximum Gasteiger partial charge on any atom is 0.303 e. The van der Waals surface area contributed by atoms with Crippen LogP contribution in [0.5, 0.6) is 0 Å². The first kappa shape index (κ1) is 20.3. The second-order valence-electron chi connectivity index (χ2n) is 8.12. The van der Waals surface area contributed by atoms with E-state index in [1.807, 2.05) is 19.1 Å². The molecule has 2 aromatic rings. The van der Waals surface area contributed by atoms with E-state index in [-0.39, 0.29) is 24.4 Å². The van der Waals surface area contributed by atoms with E-state index in [0.717, 1.165) is 5.56 Å². The minimum Gasteiger partial charge on any atom is -0.446 e. The fourth-order valence-corrected chi connectivity index (χ4v) is 5.02. The van der Waals surface area contributed by atoms with Crippen molar-refractivity contribution in [2.45, 2.75) is 38.1 Å². The number of aliphatic imine (C=N–C) groups is 1. The average Bonchev–Trinajstić information content (AvgIpc) is 3.47. The number of amidine groups is 1. The third-order valence-corrected chi connectivity index (χ3v) is 6.31. The van der Waals surface area contributed by atoms with E-state index in [1.165, 1.54) is 41.1 Å². The van der Waals surface area contributed by atoms with Gasteiger partial charge < -0.3 is 14.4 Å². The molecule has 2 aliphatic heterocycles. The number of amides is 1. The van der Waals surface area contributed by atoms with Gasteiger partial charge in [-0.25, -0.2) is 9.89 Å². The second kappa shape index (κ2) is 8.49. The molecule has 2 atom stereocenters. The molecule has 2 unspecified atom stereocenters. The summed E-state index contributed by atoms with van der Waals surface area (Å²) in [6.45, 7) is 2.37.